The molecule has 2 bridgehead atoms. The Balaban J connectivity index is 1.37. The second-order valence-corrected chi connectivity index (χ2v) is 6.23. The highest BCUT2D eigenvalue weighted by Gasteiger charge is 2.65. The monoisotopic (exact) mass is 234 g/mol. The topological polar surface area (TPSA) is 58.2 Å². The van der Waals surface area contributed by atoms with Crippen molar-refractivity contribution >= 4 is 11.8 Å². The maximum atomic E-state index is 12.0. The van der Waals surface area contributed by atoms with Gasteiger partial charge in [-0.05, 0) is 42.9 Å². The molecule has 1 saturated heterocycles. The van der Waals surface area contributed by atoms with Gasteiger partial charge in [0.05, 0.1) is 5.92 Å². The van der Waals surface area contributed by atoms with Crippen molar-refractivity contribution in [3.63, 3.8) is 0 Å². The van der Waals surface area contributed by atoms with Crippen molar-refractivity contribution in [2.45, 2.75) is 31.7 Å². The van der Waals surface area contributed by atoms with E-state index in [0.29, 0.717) is 19.0 Å². The third-order valence-corrected chi connectivity index (χ3v) is 5.39. The summed E-state index contributed by atoms with van der Waals surface area (Å²) in [6, 6.07) is 0.449. The van der Waals surface area contributed by atoms with Crippen LogP contribution in [0.15, 0.2) is 0 Å². The number of rotatable bonds is 2. The van der Waals surface area contributed by atoms with E-state index in [1.807, 2.05) is 0 Å². The number of nitrogens with one attached hydrogen (secondary N) is 2. The highest BCUT2D eigenvalue weighted by molar-refractivity contribution is 5.89. The summed E-state index contributed by atoms with van der Waals surface area (Å²) < 4.78 is 0. The molecule has 0 spiro atoms. The van der Waals surface area contributed by atoms with Crippen LogP contribution in [0.1, 0.15) is 25.7 Å². The lowest BCUT2D eigenvalue weighted by atomic mass is 10.0. The van der Waals surface area contributed by atoms with Crippen LogP contribution in [0.3, 0.4) is 0 Å². The number of carbonyl (C=O) groups is 2. The van der Waals surface area contributed by atoms with E-state index in [4.69, 9.17) is 0 Å². The predicted molar refractivity (Wildman–Crippen MR) is 60.9 cm³/mol. The summed E-state index contributed by atoms with van der Waals surface area (Å²) in [5, 5.41) is 5.91. The van der Waals surface area contributed by atoms with Crippen LogP contribution in [0.25, 0.3) is 0 Å². The SMILES string of the molecule is O=C1CC(C(=O)NC2C3C4CCC(C4)C23)CN1. The van der Waals surface area contributed by atoms with Crippen molar-refractivity contribution in [3.05, 3.63) is 0 Å². The molecular formula is C13H18N2O2. The quantitative estimate of drug-likeness (QED) is 0.721. The van der Waals surface area contributed by atoms with Crippen molar-refractivity contribution in [2.24, 2.45) is 29.6 Å². The van der Waals surface area contributed by atoms with Crippen LogP contribution in [0.5, 0.6) is 0 Å². The Morgan fingerprint density at radius 2 is 1.94 bits per heavy atom. The summed E-state index contributed by atoms with van der Waals surface area (Å²) in [4.78, 5) is 23.1. The van der Waals surface area contributed by atoms with Crippen LogP contribution >= 0.6 is 0 Å². The van der Waals surface area contributed by atoms with Gasteiger partial charge >= 0.3 is 0 Å². The molecule has 4 fully saturated rings. The molecule has 3 aliphatic carbocycles. The van der Waals surface area contributed by atoms with E-state index >= 15 is 0 Å². The maximum absolute atomic E-state index is 12.0. The zero-order chi connectivity index (χ0) is 11.6. The minimum atomic E-state index is -0.124. The Morgan fingerprint density at radius 3 is 2.53 bits per heavy atom. The van der Waals surface area contributed by atoms with Gasteiger partial charge in [0.1, 0.15) is 0 Å². The number of hydrogen-bond donors (Lipinski definition) is 2. The van der Waals surface area contributed by atoms with Crippen LogP contribution in [0, 0.1) is 29.6 Å². The van der Waals surface area contributed by atoms with E-state index in [1.165, 1.54) is 19.3 Å². The lowest BCUT2D eigenvalue weighted by Crippen LogP contribution is -2.36. The van der Waals surface area contributed by atoms with E-state index in [2.05, 4.69) is 10.6 Å². The van der Waals surface area contributed by atoms with Crippen LogP contribution in [-0.4, -0.2) is 24.4 Å². The lowest BCUT2D eigenvalue weighted by Gasteiger charge is -2.13. The average Bonchev–Trinajstić information content (AvgIpc) is 2.77. The molecule has 3 saturated carbocycles. The first-order valence-corrected chi connectivity index (χ1v) is 6.81. The van der Waals surface area contributed by atoms with E-state index in [9.17, 15) is 9.59 Å². The van der Waals surface area contributed by atoms with E-state index in [1.54, 1.807) is 0 Å². The second-order valence-electron chi connectivity index (χ2n) is 6.23. The zero-order valence-corrected chi connectivity index (χ0v) is 9.82. The maximum Gasteiger partial charge on any atom is 0.225 e. The molecule has 4 nitrogen and oxygen atoms in total. The van der Waals surface area contributed by atoms with Crippen LogP contribution in [-0.2, 0) is 9.59 Å². The number of hydrogen-bond acceptors (Lipinski definition) is 2. The van der Waals surface area contributed by atoms with Gasteiger partial charge in [-0.25, -0.2) is 0 Å². The van der Waals surface area contributed by atoms with Gasteiger partial charge < -0.3 is 10.6 Å². The largest absolute Gasteiger partial charge is 0.355 e. The molecule has 2 amide bonds. The molecule has 92 valence electrons. The first-order valence-electron chi connectivity index (χ1n) is 6.81. The third kappa shape index (κ3) is 1.36. The van der Waals surface area contributed by atoms with Crippen molar-refractivity contribution < 1.29 is 9.59 Å². The molecule has 5 unspecified atom stereocenters. The van der Waals surface area contributed by atoms with Gasteiger partial charge in [-0.3, -0.25) is 9.59 Å². The minimum Gasteiger partial charge on any atom is -0.355 e. The molecule has 4 aliphatic rings. The van der Waals surface area contributed by atoms with Crippen molar-refractivity contribution in [1.29, 1.82) is 0 Å². The zero-order valence-electron chi connectivity index (χ0n) is 9.82. The molecule has 2 N–H and O–H groups in total. The number of fused-ring (bicyclic) bond motifs is 5. The Morgan fingerprint density at radius 1 is 1.24 bits per heavy atom. The molecule has 5 atom stereocenters. The molecule has 0 aromatic rings. The van der Waals surface area contributed by atoms with Gasteiger partial charge in [0.25, 0.3) is 0 Å². The molecule has 17 heavy (non-hydrogen) atoms. The summed E-state index contributed by atoms with van der Waals surface area (Å²) in [6.45, 7) is 0.527. The Labute approximate surface area is 101 Å². The van der Waals surface area contributed by atoms with Crippen LogP contribution in [0.2, 0.25) is 0 Å². The van der Waals surface area contributed by atoms with Crippen LogP contribution < -0.4 is 10.6 Å². The summed E-state index contributed by atoms with van der Waals surface area (Å²) in [6.07, 6.45) is 4.54. The van der Waals surface area contributed by atoms with Crippen molar-refractivity contribution in [3.8, 4) is 0 Å². The molecule has 0 aromatic carbocycles. The molecule has 1 heterocycles. The van der Waals surface area contributed by atoms with Gasteiger partial charge in [-0.15, -0.1) is 0 Å². The fourth-order valence-corrected chi connectivity index (χ4v) is 4.59. The lowest BCUT2D eigenvalue weighted by molar-refractivity contribution is -0.126. The fraction of sp³-hybridized carbons (Fsp3) is 0.846. The summed E-state index contributed by atoms with van der Waals surface area (Å²) in [5.74, 6) is 3.33. The van der Waals surface area contributed by atoms with Gasteiger partial charge in [-0.2, -0.15) is 0 Å². The highest BCUT2D eigenvalue weighted by Crippen LogP contribution is 2.65. The van der Waals surface area contributed by atoms with Gasteiger partial charge in [0.2, 0.25) is 11.8 Å². The fourth-order valence-electron chi connectivity index (χ4n) is 4.59. The molecule has 0 aromatic heterocycles. The first kappa shape index (κ1) is 9.92. The van der Waals surface area contributed by atoms with Gasteiger partial charge in [0.15, 0.2) is 0 Å². The van der Waals surface area contributed by atoms with Crippen molar-refractivity contribution in [1.82, 2.24) is 10.6 Å². The van der Waals surface area contributed by atoms with E-state index < -0.39 is 0 Å². The molecule has 4 rings (SSSR count). The number of carbonyl (C=O) groups excluding carboxylic acids is 2. The minimum absolute atomic E-state index is 0.0150. The van der Waals surface area contributed by atoms with Crippen molar-refractivity contribution in [2.75, 3.05) is 6.54 Å². The Hall–Kier alpha value is -1.06. The summed E-state index contributed by atoms with van der Waals surface area (Å²) in [5.41, 5.74) is 0. The molecular weight excluding hydrogens is 216 g/mol. The second kappa shape index (κ2) is 3.24. The smallest absolute Gasteiger partial charge is 0.225 e. The van der Waals surface area contributed by atoms with E-state index in [0.717, 1.165) is 23.7 Å². The summed E-state index contributed by atoms with van der Waals surface area (Å²) >= 11 is 0. The molecule has 4 heteroatoms. The Kier molecular flexibility index (Phi) is 1.89. The van der Waals surface area contributed by atoms with Crippen LogP contribution in [0.4, 0.5) is 0 Å². The predicted octanol–water partition coefficient (Wildman–Crippen LogP) is 0.283. The summed E-state index contributed by atoms with van der Waals surface area (Å²) in [7, 11) is 0. The number of amides is 2. The molecule has 1 aliphatic heterocycles. The normalized spacial score (nSPS) is 50.0. The van der Waals surface area contributed by atoms with E-state index in [-0.39, 0.29) is 17.7 Å². The molecule has 0 radical (unpaired) electrons. The standard InChI is InChI=1S/C13H18N2O2/c16-9-4-8(5-14-9)13(17)15-12-10-6-1-2-7(3-6)11(10)12/h6-8,10-12H,1-5H2,(H,14,16)(H,15,17). The average molecular weight is 234 g/mol. The van der Waals surface area contributed by atoms with Gasteiger partial charge in [0, 0.05) is 19.0 Å². The third-order valence-electron chi connectivity index (χ3n) is 5.39. The van der Waals surface area contributed by atoms with Gasteiger partial charge in [-0.1, -0.05) is 0 Å². The first-order chi connectivity index (χ1) is 8.24. The highest BCUT2D eigenvalue weighted by atomic mass is 16.2. The Bertz CT molecular complexity index is 379.